The summed E-state index contributed by atoms with van der Waals surface area (Å²) in [7, 11) is 0. The van der Waals surface area contributed by atoms with Crippen LogP contribution in [0.2, 0.25) is 0 Å². The predicted octanol–water partition coefficient (Wildman–Crippen LogP) is 0.0767. The Morgan fingerprint density at radius 2 is 0.500 bits per heavy atom. The van der Waals surface area contributed by atoms with Crippen LogP contribution < -0.4 is 0 Å². The van der Waals surface area contributed by atoms with Crippen molar-refractivity contribution in [1.82, 2.24) is 0 Å². The Hall–Kier alpha value is 0.790. The van der Waals surface area contributed by atoms with Crippen molar-refractivity contribution in [2.75, 3.05) is 0 Å². The van der Waals surface area contributed by atoms with E-state index in [-0.39, 0.29) is 43.7 Å². The molecule has 0 aliphatic rings. The molecule has 1 radical (unpaired) electrons. The third-order valence-corrected chi connectivity index (χ3v) is 0. The molecule has 0 saturated heterocycles. The summed E-state index contributed by atoms with van der Waals surface area (Å²) < 4.78 is 0. The topological polar surface area (TPSA) is 0 Å². The van der Waals surface area contributed by atoms with Crippen molar-refractivity contribution in [2.45, 2.75) is 0 Å². The van der Waals surface area contributed by atoms with Crippen molar-refractivity contribution in [1.29, 1.82) is 0 Å². The van der Waals surface area contributed by atoms with E-state index in [2.05, 4.69) is 0 Å². The first-order valence-corrected chi connectivity index (χ1v) is 0. The molecule has 0 aromatic carbocycles. The standard InChI is InChI=1S/3FH.Na/h3*1H;. The smallest absolute Gasteiger partial charge is 0 e. The molecule has 0 heterocycles. The van der Waals surface area contributed by atoms with Gasteiger partial charge in [-0.25, -0.2) is 0 Å². The molecule has 0 rings (SSSR count). The van der Waals surface area contributed by atoms with E-state index in [4.69, 9.17) is 0 Å². The molecule has 0 aliphatic carbocycles. The fourth-order valence-electron chi connectivity index (χ4n) is 0. The molecular weight excluding hydrogens is 80.0 g/mol. The van der Waals surface area contributed by atoms with E-state index in [1.807, 2.05) is 0 Å². The van der Waals surface area contributed by atoms with Crippen molar-refractivity contribution in [2.24, 2.45) is 0 Å². The summed E-state index contributed by atoms with van der Waals surface area (Å²) in [6.07, 6.45) is 0. The maximum atomic E-state index is 0. The fourth-order valence-corrected chi connectivity index (χ4v) is 0. The normalized spacial score (nSPS) is 0. The number of hydrogen-bond acceptors (Lipinski definition) is 0. The third-order valence-electron chi connectivity index (χ3n) is 0. The fraction of sp³-hybridized carbons (Fsp3) is 0. The largest absolute Gasteiger partial charge is 0.269 e. The van der Waals surface area contributed by atoms with Crippen LogP contribution in [-0.2, 0) is 0 Å². The zero-order valence-electron chi connectivity index (χ0n) is 2.22. The van der Waals surface area contributed by atoms with Crippen LogP contribution in [0.5, 0.6) is 0 Å². The van der Waals surface area contributed by atoms with Gasteiger partial charge in [-0.2, -0.15) is 0 Å². The van der Waals surface area contributed by atoms with Crippen molar-refractivity contribution >= 4 is 29.6 Å². The molecule has 0 nitrogen and oxygen atoms in total. The molecule has 0 bridgehead atoms. The SMILES string of the molecule is F.F.F.[Na]. The van der Waals surface area contributed by atoms with Gasteiger partial charge in [0.1, 0.15) is 0 Å². The summed E-state index contributed by atoms with van der Waals surface area (Å²) in [4.78, 5) is 0. The summed E-state index contributed by atoms with van der Waals surface area (Å²) in [5.41, 5.74) is 0. The summed E-state index contributed by atoms with van der Waals surface area (Å²) >= 11 is 0. The Kier molecular flexibility index (Phi) is 1300. The van der Waals surface area contributed by atoms with E-state index in [1.54, 1.807) is 0 Å². The summed E-state index contributed by atoms with van der Waals surface area (Å²) in [6, 6.07) is 0. The second-order valence-corrected chi connectivity index (χ2v) is 0. The van der Waals surface area contributed by atoms with Gasteiger partial charge in [0.05, 0.1) is 0 Å². The van der Waals surface area contributed by atoms with Crippen LogP contribution in [0.25, 0.3) is 0 Å². The van der Waals surface area contributed by atoms with Crippen LogP contribution in [0, 0.1) is 0 Å². The van der Waals surface area contributed by atoms with E-state index in [9.17, 15) is 0 Å². The van der Waals surface area contributed by atoms with Gasteiger partial charge in [-0.3, -0.25) is 14.1 Å². The summed E-state index contributed by atoms with van der Waals surface area (Å²) in [6.45, 7) is 0. The molecule has 0 spiro atoms. The predicted molar refractivity (Wildman–Crippen MR) is 13.3 cm³/mol. The first kappa shape index (κ1) is 110. The van der Waals surface area contributed by atoms with Gasteiger partial charge in [0, 0.05) is 29.6 Å². The molecule has 0 aromatic rings. The quantitative estimate of drug-likeness (QED) is 0.364. The maximum absolute atomic E-state index is 0. The zero-order chi connectivity index (χ0) is 0. The van der Waals surface area contributed by atoms with Gasteiger partial charge in [0.2, 0.25) is 0 Å². The van der Waals surface area contributed by atoms with Gasteiger partial charge in [0.15, 0.2) is 0 Å². The van der Waals surface area contributed by atoms with E-state index in [0.29, 0.717) is 0 Å². The molecule has 0 unspecified atom stereocenters. The number of hydrogen-bond donors (Lipinski definition) is 0. The third kappa shape index (κ3) is 14.3. The molecule has 4 heavy (non-hydrogen) atoms. The summed E-state index contributed by atoms with van der Waals surface area (Å²) in [5, 5.41) is 0. The molecular formula is H3F3Na. The van der Waals surface area contributed by atoms with Crippen LogP contribution in [0.4, 0.5) is 14.1 Å². The molecule has 0 atom stereocenters. The van der Waals surface area contributed by atoms with Crippen LogP contribution in [0.3, 0.4) is 0 Å². The van der Waals surface area contributed by atoms with Crippen molar-refractivity contribution < 1.29 is 14.1 Å². The minimum absolute atomic E-state index is 0. The van der Waals surface area contributed by atoms with E-state index >= 15 is 0 Å². The first-order valence-electron chi connectivity index (χ1n) is 0. The molecule has 0 saturated carbocycles. The van der Waals surface area contributed by atoms with Gasteiger partial charge < -0.3 is 0 Å². The molecule has 0 amide bonds. The Balaban J connectivity index is 0. The van der Waals surface area contributed by atoms with Gasteiger partial charge in [-0.05, 0) is 0 Å². The Morgan fingerprint density at radius 1 is 0.500 bits per heavy atom. The molecule has 0 aliphatic heterocycles. The van der Waals surface area contributed by atoms with E-state index < -0.39 is 0 Å². The second kappa shape index (κ2) is 47.3. The van der Waals surface area contributed by atoms with Gasteiger partial charge >= 0.3 is 0 Å². The van der Waals surface area contributed by atoms with Gasteiger partial charge in [-0.15, -0.1) is 0 Å². The monoisotopic (exact) mass is 83.0 g/mol. The van der Waals surface area contributed by atoms with Crippen LogP contribution in [0.1, 0.15) is 0 Å². The minimum atomic E-state index is 0. The number of halogens is 3. The average molecular weight is 83.0 g/mol. The Morgan fingerprint density at radius 3 is 0.500 bits per heavy atom. The average Bonchev–Trinajstić information content (AvgIpc) is 0. The molecule has 25 valence electrons. The minimum Gasteiger partial charge on any atom is -0.269 e. The zero-order valence-corrected chi connectivity index (χ0v) is 4.22. The molecule has 0 N–H and O–H groups in total. The van der Waals surface area contributed by atoms with Crippen LogP contribution >= 0.6 is 0 Å². The van der Waals surface area contributed by atoms with E-state index in [1.165, 1.54) is 0 Å². The van der Waals surface area contributed by atoms with Crippen molar-refractivity contribution in [3.63, 3.8) is 0 Å². The van der Waals surface area contributed by atoms with Crippen molar-refractivity contribution in [3.8, 4) is 0 Å². The second-order valence-electron chi connectivity index (χ2n) is 0. The Labute approximate surface area is 44.0 Å². The first-order chi connectivity index (χ1) is 0. The number of rotatable bonds is 0. The van der Waals surface area contributed by atoms with Gasteiger partial charge in [-0.1, -0.05) is 0 Å². The molecule has 0 fully saturated rings. The summed E-state index contributed by atoms with van der Waals surface area (Å²) in [5.74, 6) is 0. The van der Waals surface area contributed by atoms with Gasteiger partial charge in [0.25, 0.3) is 0 Å². The Bertz CT molecular complexity index is 3.25. The van der Waals surface area contributed by atoms with Crippen molar-refractivity contribution in [3.05, 3.63) is 0 Å². The maximum Gasteiger partial charge on any atom is 0 e. The van der Waals surface area contributed by atoms with Crippen LogP contribution in [0.15, 0.2) is 0 Å². The van der Waals surface area contributed by atoms with Crippen LogP contribution in [-0.4, -0.2) is 29.6 Å². The molecule has 0 aromatic heterocycles. The molecule has 4 heteroatoms. The van der Waals surface area contributed by atoms with E-state index in [0.717, 1.165) is 0 Å².